The number of rotatable bonds is 7. The highest BCUT2D eigenvalue weighted by Crippen LogP contribution is 2.24. The smallest absolute Gasteiger partial charge is 0.122 e. The highest BCUT2D eigenvalue weighted by Gasteiger charge is 2.18. The molecule has 0 aliphatic rings. The van der Waals surface area contributed by atoms with Gasteiger partial charge in [-0.05, 0) is 36.7 Å². The van der Waals surface area contributed by atoms with Gasteiger partial charge in [0.25, 0.3) is 0 Å². The first kappa shape index (κ1) is 15.8. The van der Waals surface area contributed by atoms with Gasteiger partial charge in [0.2, 0.25) is 0 Å². The maximum Gasteiger partial charge on any atom is 0.122 e. The lowest BCUT2D eigenvalue weighted by Crippen LogP contribution is -2.36. The Balaban J connectivity index is 2.75. The van der Waals surface area contributed by atoms with Gasteiger partial charge >= 0.3 is 0 Å². The maximum absolute atomic E-state index is 5.77. The standard InChI is InChI=1S/C15H26N2O2/c1-15(2,10-16)11-17(3)9-12-6-13(18-4)8-14(7-12)19-5/h6-8H,9-11,16H2,1-5H3. The lowest BCUT2D eigenvalue weighted by Gasteiger charge is -2.29. The molecule has 0 aromatic heterocycles. The molecule has 0 atom stereocenters. The summed E-state index contributed by atoms with van der Waals surface area (Å²) in [5, 5.41) is 0. The van der Waals surface area contributed by atoms with Crippen molar-refractivity contribution in [1.82, 2.24) is 4.90 Å². The topological polar surface area (TPSA) is 47.7 Å². The van der Waals surface area contributed by atoms with E-state index in [4.69, 9.17) is 15.2 Å². The molecule has 1 aromatic rings. The van der Waals surface area contributed by atoms with Crippen LogP contribution in [0.3, 0.4) is 0 Å². The molecule has 0 unspecified atom stereocenters. The van der Waals surface area contributed by atoms with E-state index >= 15 is 0 Å². The van der Waals surface area contributed by atoms with E-state index in [1.54, 1.807) is 14.2 Å². The number of benzene rings is 1. The van der Waals surface area contributed by atoms with Crippen molar-refractivity contribution in [3.8, 4) is 11.5 Å². The Labute approximate surface area is 116 Å². The van der Waals surface area contributed by atoms with Crippen LogP contribution >= 0.6 is 0 Å². The Morgan fingerprint density at radius 3 is 2.05 bits per heavy atom. The average Bonchev–Trinajstić information content (AvgIpc) is 2.37. The number of ether oxygens (including phenoxy) is 2. The van der Waals surface area contributed by atoms with Crippen LogP contribution in [0.1, 0.15) is 19.4 Å². The fraction of sp³-hybridized carbons (Fsp3) is 0.600. The molecule has 1 rings (SSSR count). The molecule has 0 fully saturated rings. The molecule has 0 bridgehead atoms. The lowest BCUT2D eigenvalue weighted by atomic mass is 9.93. The largest absolute Gasteiger partial charge is 0.497 e. The van der Waals surface area contributed by atoms with Gasteiger partial charge in [-0.25, -0.2) is 0 Å². The van der Waals surface area contributed by atoms with Gasteiger partial charge in [0.05, 0.1) is 14.2 Å². The molecule has 0 aliphatic carbocycles. The Morgan fingerprint density at radius 1 is 1.11 bits per heavy atom. The molecule has 4 nitrogen and oxygen atoms in total. The van der Waals surface area contributed by atoms with Crippen molar-refractivity contribution in [2.75, 3.05) is 34.4 Å². The first-order valence-electron chi connectivity index (χ1n) is 6.51. The van der Waals surface area contributed by atoms with Crippen LogP contribution in [0.15, 0.2) is 18.2 Å². The van der Waals surface area contributed by atoms with E-state index in [2.05, 4.69) is 25.8 Å². The normalized spacial score (nSPS) is 11.7. The zero-order valence-corrected chi connectivity index (χ0v) is 12.7. The molecule has 108 valence electrons. The van der Waals surface area contributed by atoms with Gasteiger partial charge in [-0.15, -0.1) is 0 Å². The van der Waals surface area contributed by atoms with Crippen LogP contribution in [-0.4, -0.2) is 39.3 Å². The van der Waals surface area contributed by atoms with Gasteiger partial charge in [-0.2, -0.15) is 0 Å². The van der Waals surface area contributed by atoms with Gasteiger partial charge in [0.1, 0.15) is 11.5 Å². The van der Waals surface area contributed by atoms with Crippen LogP contribution in [0, 0.1) is 5.41 Å². The number of nitrogens with zero attached hydrogens (tertiary/aromatic N) is 1. The van der Waals surface area contributed by atoms with Crippen LogP contribution < -0.4 is 15.2 Å². The predicted octanol–water partition coefficient (Wildman–Crippen LogP) is 2.12. The van der Waals surface area contributed by atoms with Crippen molar-refractivity contribution in [3.05, 3.63) is 23.8 Å². The second-order valence-electron chi connectivity index (χ2n) is 5.76. The van der Waals surface area contributed by atoms with Crippen molar-refractivity contribution in [3.63, 3.8) is 0 Å². The predicted molar refractivity (Wildman–Crippen MR) is 78.7 cm³/mol. The molecule has 0 heterocycles. The maximum atomic E-state index is 5.77. The molecule has 0 saturated heterocycles. The van der Waals surface area contributed by atoms with Gasteiger partial charge in [0.15, 0.2) is 0 Å². The van der Waals surface area contributed by atoms with Crippen molar-refractivity contribution < 1.29 is 9.47 Å². The fourth-order valence-corrected chi connectivity index (χ4v) is 2.12. The van der Waals surface area contributed by atoms with E-state index in [9.17, 15) is 0 Å². The summed E-state index contributed by atoms with van der Waals surface area (Å²) in [4.78, 5) is 2.26. The number of hydrogen-bond donors (Lipinski definition) is 1. The zero-order chi connectivity index (χ0) is 14.5. The number of methoxy groups -OCH3 is 2. The number of nitrogens with two attached hydrogens (primary N) is 1. The minimum Gasteiger partial charge on any atom is -0.497 e. The third-order valence-electron chi connectivity index (χ3n) is 3.11. The highest BCUT2D eigenvalue weighted by atomic mass is 16.5. The van der Waals surface area contributed by atoms with Crippen molar-refractivity contribution in [1.29, 1.82) is 0 Å². The molecule has 0 amide bonds. The summed E-state index contributed by atoms with van der Waals surface area (Å²) in [7, 11) is 5.43. The molecule has 19 heavy (non-hydrogen) atoms. The minimum atomic E-state index is 0.123. The Kier molecular flexibility index (Phi) is 5.63. The summed E-state index contributed by atoms with van der Waals surface area (Å²) in [6.45, 7) is 6.82. The van der Waals surface area contributed by atoms with E-state index in [0.717, 1.165) is 24.6 Å². The molecule has 0 spiro atoms. The summed E-state index contributed by atoms with van der Waals surface area (Å²) in [6, 6.07) is 5.95. The van der Waals surface area contributed by atoms with Crippen molar-refractivity contribution >= 4 is 0 Å². The zero-order valence-electron chi connectivity index (χ0n) is 12.7. The first-order valence-corrected chi connectivity index (χ1v) is 6.51. The molecule has 4 heteroatoms. The van der Waals surface area contributed by atoms with Crippen LogP contribution in [-0.2, 0) is 6.54 Å². The van der Waals surface area contributed by atoms with Gasteiger partial charge < -0.3 is 20.1 Å². The summed E-state index contributed by atoms with van der Waals surface area (Å²) in [6.07, 6.45) is 0. The highest BCUT2D eigenvalue weighted by molar-refractivity contribution is 5.38. The van der Waals surface area contributed by atoms with Gasteiger partial charge in [-0.3, -0.25) is 0 Å². The monoisotopic (exact) mass is 266 g/mol. The van der Waals surface area contributed by atoms with Gasteiger partial charge in [0, 0.05) is 19.2 Å². The van der Waals surface area contributed by atoms with E-state index in [1.165, 1.54) is 5.56 Å². The molecule has 0 saturated carbocycles. The Bertz CT molecular complexity index is 383. The van der Waals surface area contributed by atoms with Gasteiger partial charge in [-0.1, -0.05) is 13.8 Å². The summed E-state index contributed by atoms with van der Waals surface area (Å²) in [5.41, 5.74) is 7.07. The second kappa shape index (κ2) is 6.78. The molecular formula is C15H26N2O2. The summed E-state index contributed by atoms with van der Waals surface area (Å²) >= 11 is 0. The minimum absolute atomic E-state index is 0.123. The van der Waals surface area contributed by atoms with Crippen molar-refractivity contribution in [2.24, 2.45) is 11.1 Å². The van der Waals surface area contributed by atoms with E-state index in [0.29, 0.717) is 6.54 Å². The Morgan fingerprint density at radius 2 is 1.63 bits per heavy atom. The summed E-state index contributed by atoms with van der Waals surface area (Å²) < 4.78 is 10.6. The van der Waals surface area contributed by atoms with E-state index in [-0.39, 0.29) is 5.41 Å². The van der Waals surface area contributed by atoms with E-state index in [1.807, 2.05) is 18.2 Å². The van der Waals surface area contributed by atoms with Crippen molar-refractivity contribution in [2.45, 2.75) is 20.4 Å². The van der Waals surface area contributed by atoms with E-state index < -0.39 is 0 Å². The molecule has 0 radical (unpaired) electrons. The third kappa shape index (κ3) is 5.09. The second-order valence-corrected chi connectivity index (χ2v) is 5.76. The SMILES string of the molecule is COc1cc(CN(C)CC(C)(C)CN)cc(OC)c1. The lowest BCUT2D eigenvalue weighted by molar-refractivity contribution is 0.209. The fourth-order valence-electron chi connectivity index (χ4n) is 2.12. The molecule has 0 aliphatic heterocycles. The van der Waals surface area contributed by atoms with Crippen LogP contribution in [0.2, 0.25) is 0 Å². The average molecular weight is 266 g/mol. The molecule has 1 aromatic carbocycles. The van der Waals surface area contributed by atoms with Crippen LogP contribution in [0.4, 0.5) is 0 Å². The molecular weight excluding hydrogens is 240 g/mol. The quantitative estimate of drug-likeness (QED) is 0.821. The Hall–Kier alpha value is -1.26. The first-order chi connectivity index (χ1) is 8.90. The molecule has 2 N–H and O–H groups in total. The number of hydrogen-bond acceptors (Lipinski definition) is 4. The van der Waals surface area contributed by atoms with Crippen LogP contribution in [0.5, 0.6) is 11.5 Å². The van der Waals surface area contributed by atoms with Crippen LogP contribution in [0.25, 0.3) is 0 Å². The summed E-state index contributed by atoms with van der Waals surface area (Å²) in [5.74, 6) is 1.64. The third-order valence-corrected chi connectivity index (χ3v) is 3.11.